The highest BCUT2D eigenvalue weighted by Crippen LogP contribution is 2.38. The molecule has 1 saturated carbocycles. The molecule has 1 saturated heterocycles. The summed E-state index contributed by atoms with van der Waals surface area (Å²) in [6.45, 7) is 13.8. The number of fused-ring (bicyclic) bond motifs is 1. The second-order valence-electron chi connectivity index (χ2n) is 13.1. The number of anilines is 2. The van der Waals surface area contributed by atoms with Crippen molar-refractivity contribution in [2.45, 2.75) is 116 Å². The van der Waals surface area contributed by atoms with E-state index in [9.17, 15) is 0 Å². The van der Waals surface area contributed by atoms with E-state index < -0.39 is 0 Å². The van der Waals surface area contributed by atoms with Gasteiger partial charge in [0.15, 0.2) is 0 Å². The van der Waals surface area contributed by atoms with E-state index in [0.717, 1.165) is 12.3 Å². The number of para-hydroxylation sites is 2. The SMILES string of the molecule is Cc1cccc(C)c1NC1CCCC2CCC(C(Cc3ccccc3)Nc3c(C(C)C)cccc3C(C)C)NC21. The Balaban J connectivity index is 1.45. The molecular weight excluding hydrogens is 486 g/mol. The molecule has 0 radical (unpaired) electrons. The third kappa shape index (κ3) is 6.41. The van der Waals surface area contributed by atoms with Gasteiger partial charge in [0.2, 0.25) is 0 Å². The maximum absolute atomic E-state index is 4.28. The Morgan fingerprint density at radius 2 is 1.38 bits per heavy atom. The lowest BCUT2D eigenvalue weighted by molar-refractivity contribution is 0.155. The Kier molecular flexibility index (Phi) is 9.20. The molecule has 5 atom stereocenters. The van der Waals surface area contributed by atoms with Gasteiger partial charge in [-0.1, -0.05) is 101 Å². The van der Waals surface area contributed by atoms with Gasteiger partial charge in [-0.25, -0.2) is 0 Å². The second kappa shape index (κ2) is 12.8. The zero-order valence-electron chi connectivity index (χ0n) is 25.6. The number of aryl methyl sites for hydroxylation is 2. The van der Waals surface area contributed by atoms with Gasteiger partial charge >= 0.3 is 0 Å². The summed E-state index contributed by atoms with van der Waals surface area (Å²) < 4.78 is 0. The topological polar surface area (TPSA) is 36.1 Å². The lowest BCUT2D eigenvalue weighted by Crippen LogP contribution is -2.61. The van der Waals surface area contributed by atoms with Crippen LogP contribution < -0.4 is 16.0 Å². The first-order valence-corrected chi connectivity index (χ1v) is 15.8. The van der Waals surface area contributed by atoms with Gasteiger partial charge in [0, 0.05) is 35.5 Å². The fourth-order valence-electron chi connectivity index (χ4n) is 7.36. The molecular formula is C37H51N3. The van der Waals surface area contributed by atoms with Crippen LogP contribution in [0.15, 0.2) is 66.7 Å². The Bertz CT molecular complexity index is 1200. The molecule has 0 spiro atoms. The Morgan fingerprint density at radius 3 is 2.02 bits per heavy atom. The minimum absolute atomic E-state index is 0.323. The molecule has 0 aromatic heterocycles. The predicted molar refractivity (Wildman–Crippen MR) is 173 cm³/mol. The van der Waals surface area contributed by atoms with Crippen LogP contribution in [-0.2, 0) is 6.42 Å². The average Bonchev–Trinajstić information content (AvgIpc) is 2.95. The van der Waals surface area contributed by atoms with Crippen molar-refractivity contribution in [2.75, 3.05) is 10.6 Å². The van der Waals surface area contributed by atoms with Crippen LogP contribution in [0.4, 0.5) is 11.4 Å². The third-order valence-corrected chi connectivity index (χ3v) is 9.58. The Morgan fingerprint density at radius 1 is 0.725 bits per heavy atom. The summed E-state index contributed by atoms with van der Waals surface area (Å²) >= 11 is 0. The van der Waals surface area contributed by atoms with Crippen molar-refractivity contribution in [3.05, 3.63) is 94.5 Å². The van der Waals surface area contributed by atoms with Crippen LogP contribution in [0.5, 0.6) is 0 Å². The van der Waals surface area contributed by atoms with Crippen molar-refractivity contribution in [1.82, 2.24) is 5.32 Å². The molecule has 3 aromatic carbocycles. The molecule has 0 bridgehead atoms. The van der Waals surface area contributed by atoms with Crippen molar-refractivity contribution in [2.24, 2.45) is 5.92 Å². The lowest BCUT2D eigenvalue weighted by atomic mass is 9.73. The van der Waals surface area contributed by atoms with E-state index in [-0.39, 0.29) is 0 Å². The monoisotopic (exact) mass is 537 g/mol. The van der Waals surface area contributed by atoms with E-state index in [2.05, 4.69) is 124 Å². The molecule has 0 amide bonds. The number of rotatable bonds is 9. The molecule has 2 aliphatic rings. The van der Waals surface area contributed by atoms with Gasteiger partial charge in [0.25, 0.3) is 0 Å². The fraction of sp³-hybridized carbons (Fsp3) is 0.514. The highest BCUT2D eigenvalue weighted by molar-refractivity contribution is 5.61. The van der Waals surface area contributed by atoms with Gasteiger partial charge in [0.05, 0.1) is 0 Å². The summed E-state index contributed by atoms with van der Waals surface area (Å²) in [4.78, 5) is 0. The molecule has 3 N–H and O–H groups in total. The zero-order chi connectivity index (χ0) is 28.2. The summed E-state index contributed by atoms with van der Waals surface area (Å²) in [7, 11) is 0. The van der Waals surface area contributed by atoms with Gasteiger partial charge in [0.1, 0.15) is 0 Å². The number of hydrogen-bond acceptors (Lipinski definition) is 3. The van der Waals surface area contributed by atoms with E-state index in [0.29, 0.717) is 36.0 Å². The molecule has 3 heteroatoms. The first kappa shape index (κ1) is 28.7. The second-order valence-corrected chi connectivity index (χ2v) is 13.1. The van der Waals surface area contributed by atoms with Crippen molar-refractivity contribution < 1.29 is 0 Å². The third-order valence-electron chi connectivity index (χ3n) is 9.58. The van der Waals surface area contributed by atoms with Crippen LogP contribution in [0.2, 0.25) is 0 Å². The van der Waals surface area contributed by atoms with E-state index in [1.807, 2.05) is 0 Å². The molecule has 1 aliphatic carbocycles. The summed E-state index contributed by atoms with van der Waals surface area (Å²) in [6.07, 6.45) is 7.46. The summed E-state index contributed by atoms with van der Waals surface area (Å²) in [5.74, 6) is 1.71. The zero-order valence-corrected chi connectivity index (χ0v) is 25.6. The maximum atomic E-state index is 4.28. The van der Waals surface area contributed by atoms with Gasteiger partial charge in [-0.2, -0.15) is 0 Å². The molecule has 3 nitrogen and oxygen atoms in total. The summed E-state index contributed by atoms with van der Waals surface area (Å²) in [5, 5.41) is 12.5. The predicted octanol–water partition coefficient (Wildman–Crippen LogP) is 8.97. The molecule has 40 heavy (non-hydrogen) atoms. The van der Waals surface area contributed by atoms with E-state index in [1.54, 1.807) is 0 Å². The Labute approximate surface area is 243 Å². The first-order valence-electron chi connectivity index (χ1n) is 15.8. The molecule has 2 fully saturated rings. The van der Waals surface area contributed by atoms with E-state index in [1.165, 1.54) is 71.3 Å². The molecule has 5 unspecified atom stereocenters. The number of benzene rings is 3. The van der Waals surface area contributed by atoms with Crippen LogP contribution in [0, 0.1) is 19.8 Å². The highest BCUT2D eigenvalue weighted by atomic mass is 15.1. The van der Waals surface area contributed by atoms with Gasteiger partial charge in [-0.05, 0) is 91.5 Å². The molecule has 1 aliphatic heterocycles. The largest absolute Gasteiger partial charge is 0.380 e. The van der Waals surface area contributed by atoms with Crippen LogP contribution in [0.1, 0.15) is 99.5 Å². The summed E-state index contributed by atoms with van der Waals surface area (Å²) in [5.41, 5.74) is 9.69. The fourth-order valence-corrected chi connectivity index (χ4v) is 7.36. The van der Waals surface area contributed by atoms with E-state index >= 15 is 0 Å². The molecule has 214 valence electrons. The van der Waals surface area contributed by atoms with Gasteiger partial charge in [-0.15, -0.1) is 0 Å². The average molecular weight is 538 g/mol. The Hall–Kier alpha value is -2.78. The smallest absolute Gasteiger partial charge is 0.0455 e. The van der Waals surface area contributed by atoms with Crippen molar-refractivity contribution >= 4 is 11.4 Å². The van der Waals surface area contributed by atoms with Crippen molar-refractivity contribution in [1.29, 1.82) is 0 Å². The van der Waals surface area contributed by atoms with Crippen LogP contribution in [0.25, 0.3) is 0 Å². The summed E-state index contributed by atoms with van der Waals surface area (Å²) in [6, 6.07) is 26.4. The first-order chi connectivity index (χ1) is 19.3. The van der Waals surface area contributed by atoms with Crippen molar-refractivity contribution in [3.63, 3.8) is 0 Å². The number of piperidine rings is 1. The van der Waals surface area contributed by atoms with Crippen LogP contribution in [-0.4, -0.2) is 24.2 Å². The van der Waals surface area contributed by atoms with Crippen LogP contribution >= 0.6 is 0 Å². The molecule has 3 aromatic rings. The number of hydrogen-bond donors (Lipinski definition) is 3. The highest BCUT2D eigenvalue weighted by Gasteiger charge is 2.40. The minimum Gasteiger partial charge on any atom is -0.380 e. The van der Waals surface area contributed by atoms with Gasteiger partial charge < -0.3 is 16.0 Å². The quantitative estimate of drug-likeness (QED) is 0.255. The molecule has 1 heterocycles. The number of nitrogens with one attached hydrogen (secondary N) is 3. The van der Waals surface area contributed by atoms with Gasteiger partial charge in [-0.3, -0.25) is 0 Å². The lowest BCUT2D eigenvalue weighted by Gasteiger charge is -2.48. The normalized spacial score (nSPS) is 23.6. The maximum Gasteiger partial charge on any atom is 0.0455 e. The minimum atomic E-state index is 0.323. The molecule has 5 rings (SSSR count). The van der Waals surface area contributed by atoms with E-state index in [4.69, 9.17) is 0 Å². The standard InChI is InChI=1S/C37H51N3/c1-24(2)30-18-12-19-31(25(3)4)37(30)40-34(23-28-15-8-7-9-16-28)32-22-21-29-17-11-20-33(36(29)38-32)39-35-26(5)13-10-14-27(35)6/h7-10,12-16,18-19,24-25,29,32-34,36,38-40H,11,17,20-23H2,1-6H3. The van der Waals surface area contributed by atoms with Crippen LogP contribution in [0.3, 0.4) is 0 Å². The van der Waals surface area contributed by atoms with Crippen molar-refractivity contribution in [3.8, 4) is 0 Å².